The molecule has 0 aliphatic heterocycles. The Bertz CT molecular complexity index is 775. The van der Waals surface area contributed by atoms with Crippen LogP contribution in [0.25, 0.3) is 0 Å². The van der Waals surface area contributed by atoms with E-state index >= 15 is 0 Å². The Morgan fingerprint density at radius 1 is 1.08 bits per heavy atom. The van der Waals surface area contributed by atoms with Crippen LogP contribution in [0.15, 0.2) is 65.6 Å². The van der Waals surface area contributed by atoms with Crippen LogP contribution in [0.4, 0.5) is 0 Å². The molecule has 24 heavy (non-hydrogen) atoms. The van der Waals surface area contributed by atoms with Crippen molar-refractivity contribution in [1.29, 1.82) is 0 Å². The second-order valence-electron chi connectivity index (χ2n) is 6.18. The lowest BCUT2D eigenvalue weighted by Crippen LogP contribution is -2.30. The van der Waals surface area contributed by atoms with E-state index in [9.17, 15) is 9.59 Å². The highest BCUT2D eigenvalue weighted by Crippen LogP contribution is 2.18. The summed E-state index contributed by atoms with van der Waals surface area (Å²) in [5.41, 5.74) is 2.13. The highest BCUT2D eigenvalue weighted by Gasteiger charge is 2.17. The first-order valence-electron chi connectivity index (χ1n) is 8.38. The number of amides is 1. The molecule has 4 heteroatoms. The van der Waals surface area contributed by atoms with E-state index in [4.69, 9.17) is 0 Å². The molecule has 0 saturated carbocycles. The number of hydrogen-bond acceptors (Lipinski definition) is 2. The summed E-state index contributed by atoms with van der Waals surface area (Å²) in [7, 11) is 0. The van der Waals surface area contributed by atoms with Gasteiger partial charge in [0.1, 0.15) is 0 Å². The minimum atomic E-state index is -0.00429. The van der Waals surface area contributed by atoms with Crippen molar-refractivity contribution in [3.63, 3.8) is 0 Å². The third-order valence-electron chi connectivity index (χ3n) is 4.38. The Kier molecular flexibility index (Phi) is 5.26. The molecule has 1 aliphatic carbocycles. The molecule has 1 N–H and O–H groups in total. The third-order valence-corrected chi connectivity index (χ3v) is 4.38. The Morgan fingerprint density at radius 3 is 2.58 bits per heavy atom. The summed E-state index contributed by atoms with van der Waals surface area (Å²) in [5.74, 6) is 0.249. The van der Waals surface area contributed by atoms with Gasteiger partial charge in [-0.05, 0) is 36.5 Å². The van der Waals surface area contributed by atoms with E-state index in [1.54, 1.807) is 22.9 Å². The Morgan fingerprint density at radius 2 is 1.88 bits per heavy atom. The van der Waals surface area contributed by atoms with Gasteiger partial charge < -0.3 is 9.88 Å². The summed E-state index contributed by atoms with van der Waals surface area (Å²) >= 11 is 0. The fourth-order valence-corrected chi connectivity index (χ4v) is 2.92. The molecule has 1 amide bonds. The number of benzene rings is 1. The summed E-state index contributed by atoms with van der Waals surface area (Å²) in [4.78, 5) is 23.9. The summed E-state index contributed by atoms with van der Waals surface area (Å²) in [6, 6.07) is 13.2. The van der Waals surface area contributed by atoms with Crippen molar-refractivity contribution in [3.05, 3.63) is 82.3 Å². The maximum Gasteiger partial charge on any atom is 0.250 e. The first kappa shape index (κ1) is 16.2. The summed E-state index contributed by atoms with van der Waals surface area (Å²) in [5, 5.41) is 3.02. The predicted octanol–water partition coefficient (Wildman–Crippen LogP) is 2.87. The minimum absolute atomic E-state index is 0.00429. The van der Waals surface area contributed by atoms with E-state index in [2.05, 4.69) is 17.5 Å². The van der Waals surface area contributed by atoms with Gasteiger partial charge in [-0.2, -0.15) is 0 Å². The second kappa shape index (κ2) is 7.77. The van der Waals surface area contributed by atoms with Crippen LogP contribution < -0.4 is 10.9 Å². The van der Waals surface area contributed by atoms with Crippen molar-refractivity contribution < 1.29 is 4.79 Å². The largest absolute Gasteiger partial charge is 0.352 e. The lowest BCUT2D eigenvalue weighted by molar-refractivity contribution is -0.125. The number of hydrogen-bond donors (Lipinski definition) is 1. The van der Waals surface area contributed by atoms with Crippen molar-refractivity contribution in [1.82, 2.24) is 9.88 Å². The molecule has 0 bridgehead atoms. The van der Waals surface area contributed by atoms with E-state index in [0.717, 1.165) is 30.4 Å². The average Bonchev–Trinajstić information content (AvgIpc) is 2.63. The van der Waals surface area contributed by atoms with Gasteiger partial charge in [-0.3, -0.25) is 9.59 Å². The fraction of sp³-hybridized carbons (Fsp3) is 0.300. The van der Waals surface area contributed by atoms with E-state index in [-0.39, 0.29) is 17.4 Å². The molecular weight excluding hydrogens is 300 g/mol. The van der Waals surface area contributed by atoms with Crippen LogP contribution in [0, 0.1) is 5.92 Å². The van der Waals surface area contributed by atoms with Crippen molar-refractivity contribution in [2.75, 3.05) is 0 Å². The molecule has 0 saturated heterocycles. The zero-order valence-corrected chi connectivity index (χ0v) is 13.7. The number of pyridine rings is 1. The van der Waals surface area contributed by atoms with Crippen LogP contribution >= 0.6 is 0 Å². The molecule has 2 aromatic rings. The number of allylic oxidation sites excluding steroid dienone is 2. The molecule has 1 aromatic carbocycles. The SMILES string of the molecule is O=C(NCc1ccc(Cn2ccccc2=O)cc1)[C@@H]1CC=CCC1. The molecule has 1 atom stereocenters. The molecule has 1 aliphatic rings. The number of aromatic nitrogens is 1. The van der Waals surface area contributed by atoms with Gasteiger partial charge in [0, 0.05) is 24.7 Å². The fourth-order valence-electron chi connectivity index (χ4n) is 2.92. The van der Waals surface area contributed by atoms with Crippen molar-refractivity contribution >= 4 is 5.91 Å². The third kappa shape index (κ3) is 4.22. The van der Waals surface area contributed by atoms with Crippen LogP contribution in [0.1, 0.15) is 30.4 Å². The lowest BCUT2D eigenvalue weighted by Gasteiger charge is -2.17. The Balaban J connectivity index is 1.55. The number of rotatable bonds is 5. The van der Waals surface area contributed by atoms with E-state index in [0.29, 0.717) is 13.1 Å². The molecule has 124 valence electrons. The summed E-state index contributed by atoms with van der Waals surface area (Å²) in [6.07, 6.45) is 8.79. The molecule has 0 fully saturated rings. The first-order chi connectivity index (χ1) is 11.7. The summed E-state index contributed by atoms with van der Waals surface area (Å²) < 4.78 is 1.67. The highest BCUT2D eigenvalue weighted by atomic mass is 16.2. The quantitative estimate of drug-likeness (QED) is 0.861. The first-order valence-corrected chi connectivity index (χ1v) is 8.38. The van der Waals surface area contributed by atoms with E-state index in [1.165, 1.54) is 0 Å². The van der Waals surface area contributed by atoms with Gasteiger partial charge in [0.2, 0.25) is 5.91 Å². The molecule has 0 radical (unpaired) electrons. The number of nitrogens with one attached hydrogen (secondary N) is 1. The monoisotopic (exact) mass is 322 g/mol. The van der Waals surface area contributed by atoms with E-state index in [1.807, 2.05) is 30.3 Å². The van der Waals surface area contributed by atoms with Crippen LogP contribution in [0.2, 0.25) is 0 Å². The Hall–Kier alpha value is -2.62. The van der Waals surface area contributed by atoms with Gasteiger partial charge in [-0.1, -0.05) is 42.5 Å². The summed E-state index contributed by atoms with van der Waals surface area (Å²) in [6.45, 7) is 1.10. The van der Waals surface area contributed by atoms with Gasteiger partial charge in [-0.15, -0.1) is 0 Å². The van der Waals surface area contributed by atoms with Crippen LogP contribution in [0.5, 0.6) is 0 Å². The van der Waals surface area contributed by atoms with Gasteiger partial charge in [-0.25, -0.2) is 0 Å². The minimum Gasteiger partial charge on any atom is -0.352 e. The van der Waals surface area contributed by atoms with Crippen LogP contribution in [0.3, 0.4) is 0 Å². The zero-order valence-electron chi connectivity index (χ0n) is 13.7. The number of nitrogens with zero attached hydrogens (tertiary/aromatic N) is 1. The molecule has 1 aromatic heterocycles. The molecular formula is C20H22N2O2. The van der Waals surface area contributed by atoms with Gasteiger partial charge in [0.15, 0.2) is 0 Å². The maximum absolute atomic E-state index is 12.1. The maximum atomic E-state index is 12.1. The molecule has 0 unspecified atom stereocenters. The van der Waals surface area contributed by atoms with Crippen molar-refractivity contribution in [2.24, 2.45) is 5.92 Å². The molecule has 3 rings (SSSR count). The molecule has 1 heterocycles. The van der Waals surface area contributed by atoms with Gasteiger partial charge in [0.05, 0.1) is 6.54 Å². The van der Waals surface area contributed by atoms with E-state index < -0.39 is 0 Å². The predicted molar refractivity (Wildman–Crippen MR) is 94.6 cm³/mol. The van der Waals surface area contributed by atoms with Crippen LogP contribution in [-0.4, -0.2) is 10.5 Å². The number of carbonyl (C=O) groups excluding carboxylic acids is 1. The normalized spacial score (nSPS) is 16.8. The van der Waals surface area contributed by atoms with Crippen molar-refractivity contribution in [3.8, 4) is 0 Å². The highest BCUT2D eigenvalue weighted by molar-refractivity contribution is 5.78. The topological polar surface area (TPSA) is 51.1 Å². The molecule has 4 nitrogen and oxygen atoms in total. The molecule has 0 spiro atoms. The standard InChI is InChI=1S/C20H22N2O2/c23-19-8-4-5-13-22(19)15-17-11-9-16(10-12-17)14-21-20(24)18-6-2-1-3-7-18/h1-2,4-5,8-13,18H,3,6-7,14-15H2,(H,21,24)/t18-/m1/s1. The Labute approximate surface area is 141 Å². The number of carbonyl (C=O) groups is 1. The van der Waals surface area contributed by atoms with Crippen LogP contribution in [-0.2, 0) is 17.9 Å². The van der Waals surface area contributed by atoms with Crippen molar-refractivity contribution in [2.45, 2.75) is 32.4 Å². The van der Waals surface area contributed by atoms with Gasteiger partial charge >= 0.3 is 0 Å². The van der Waals surface area contributed by atoms with Gasteiger partial charge in [0.25, 0.3) is 5.56 Å². The second-order valence-corrected chi connectivity index (χ2v) is 6.18. The lowest BCUT2D eigenvalue weighted by atomic mass is 9.93. The smallest absolute Gasteiger partial charge is 0.250 e. The zero-order chi connectivity index (χ0) is 16.8. The average molecular weight is 322 g/mol.